The summed E-state index contributed by atoms with van der Waals surface area (Å²) >= 11 is 1.84. The van der Waals surface area contributed by atoms with Crippen LogP contribution in [-0.2, 0) is 0 Å². The van der Waals surface area contributed by atoms with E-state index < -0.39 is 0 Å². The van der Waals surface area contributed by atoms with Crippen LogP contribution in [0.5, 0.6) is 0 Å². The number of rotatable bonds is 3. The standard InChI is InChI=1S/C38H22N2OS/c1-2-8-23(9-3-1)37-28-11-4-6-12-32(28)39-38(40-37)26-15-18-34-30(22-26)29-20-24(14-17-33(29)41-34)25-16-19-36-31(21-25)27-10-5-7-13-35(27)42-36/h1-22H. The van der Waals surface area contributed by atoms with Gasteiger partial charge in [-0.3, -0.25) is 0 Å². The van der Waals surface area contributed by atoms with Crippen molar-refractivity contribution in [2.24, 2.45) is 0 Å². The fourth-order valence-corrected chi connectivity index (χ4v) is 7.11. The van der Waals surface area contributed by atoms with E-state index in [1.165, 1.54) is 31.3 Å². The molecule has 0 aliphatic rings. The van der Waals surface area contributed by atoms with Gasteiger partial charge in [-0.2, -0.15) is 0 Å². The van der Waals surface area contributed by atoms with Crippen molar-refractivity contribution in [3.63, 3.8) is 0 Å². The molecule has 0 fully saturated rings. The second-order valence-electron chi connectivity index (χ2n) is 10.6. The Morgan fingerprint density at radius 3 is 1.88 bits per heavy atom. The summed E-state index contributed by atoms with van der Waals surface area (Å²) in [6.45, 7) is 0. The number of fused-ring (bicyclic) bond motifs is 7. The molecule has 196 valence electrons. The zero-order valence-electron chi connectivity index (χ0n) is 22.4. The molecule has 0 saturated carbocycles. The molecule has 3 nitrogen and oxygen atoms in total. The van der Waals surface area contributed by atoms with Crippen molar-refractivity contribution < 1.29 is 4.42 Å². The SMILES string of the molecule is c1ccc(-c2nc(-c3ccc4oc5ccc(-c6ccc7sc8ccccc8c7c6)cc5c4c3)nc3ccccc23)cc1. The summed E-state index contributed by atoms with van der Waals surface area (Å²) in [5.74, 6) is 0.703. The Bertz CT molecular complexity index is 2470. The molecule has 6 aromatic carbocycles. The van der Waals surface area contributed by atoms with Gasteiger partial charge in [0.2, 0.25) is 0 Å². The highest BCUT2D eigenvalue weighted by Crippen LogP contribution is 2.39. The van der Waals surface area contributed by atoms with E-state index in [1.807, 2.05) is 47.7 Å². The Morgan fingerprint density at radius 2 is 1.05 bits per heavy atom. The van der Waals surface area contributed by atoms with Gasteiger partial charge in [0, 0.05) is 47.5 Å². The predicted octanol–water partition coefficient (Wildman–Crippen LogP) is 10.9. The second kappa shape index (κ2) is 9.10. The number of aromatic nitrogens is 2. The molecule has 0 bridgehead atoms. The van der Waals surface area contributed by atoms with Crippen molar-refractivity contribution in [1.82, 2.24) is 9.97 Å². The van der Waals surface area contributed by atoms with Crippen LogP contribution in [0.3, 0.4) is 0 Å². The van der Waals surface area contributed by atoms with Crippen molar-refractivity contribution in [2.45, 2.75) is 0 Å². The summed E-state index contributed by atoms with van der Waals surface area (Å²) in [6, 6.07) is 46.7. The van der Waals surface area contributed by atoms with E-state index in [1.54, 1.807) is 0 Å². The van der Waals surface area contributed by atoms with Gasteiger partial charge in [-0.15, -0.1) is 11.3 Å². The van der Waals surface area contributed by atoms with E-state index in [-0.39, 0.29) is 0 Å². The van der Waals surface area contributed by atoms with E-state index in [0.29, 0.717) is 5.82 Å². The Labute approximate surface area is 245 Å². The minimum Gasteiger partial charge on any atom is -0.456 e. The third-order valence-electron chi connectivity index (χ3n) is 8.09. The van der Waals surface area contributed by atoms with E-state index >= 15 is 0 Å². The molecule has 0 radical (unpaired) electrons. The quantitative estimate of drug-likeness (QED) is 0.218. The van der Waals surface area contributed by atoms with Crippen molar-refractivity contribution in [3.8, 4) is 33.8 Å². The Morgan fingerprint density at radius 1 is 0.429 bits per heavy atom. The Kier molecular flexibility index (Phi) is 5.07. The minimum atomic E-state index is 0.703. The maximum Gasteiger partial charge on any atom is 0.160 e. The van der Waals surface area contributed by atoms with Gasteiger partial charge >= 0.3 is 0 Å². The lowest BCUT2D eigenvalue weighted by molar-refractivity contribution is 0.669. The van der Waals surface area contributed by atoms with E-state index in [4.69, 9.17) is 14.4 Å². The largest absolute Gasteiger partial charge is 0.456 e. The predicted molar refractivity (Wildman–Crippen MR) is 176 cm³/mol. The van der Waals surface area contributed by atoms with Crippen LogP contribution in [0, 0.1) is 0 Å². The van der Waals surface area contributed by atoms with Crippen LogP contribution >= 0.6 is 11.3 Å². The molecular formula is C38H22N2OS. The molecule has 0 aliphatic heterocycles. The van der Waals surface area contributed by atoms with Gasteiger partial charge in [-0.25, -0.2) is 9.97 Å². The molecule has 0 unspecified atom stereocenters. The molecule has 3 aromatic heterocycles. The summed E-state index contributed by atoms with van der Waals surface area (Å²) < 4.78 is 8.90. The highest BCUT2D eigenvalue weighted by Gasteiger charge is 2.15. The summed E-state index contributed by atoms with van der Waals surface area (Å²) in [7, 11) is 0. The number of para-hydroxylation sites is 1. The lowest BCUT2D eigenvalue weighted by Crippen LogP contribution is -1.95. The maximum absolute atomic E-state index is 6.27. The van der Waals surface area contributed by atoms with Gasteiger partial charge < -0.3 is 4.42 Å². The smallest absolute Gasteiger partial charge is 0.160 e. The summed E-state index contributed by atoms with van der Waals surface area (Å²) in [6.07, 6.45) is 0. The zero-order chi connectivity index (χ0) is 27.6. The first-order valence-corrected chi connectivity index (χ1v) is 14.8. The summed E-state index contributed by atoms with van der Waals surface area (Å²) in [4.78, 5) is 10.1. The van der Waals surface area contributed by atoms with Crippen LogP contribution in [0.25, 0.3) is 86.8 Å². The number of nitrogens with zero attached hydrogens (tertiary/aromatic N) is 2. The van der Waals surface area contributed by atoms with Gasteiger partial charge in [-0.05, 0) is 65.7 Å². The van der Waals surface area contributed by atoms with E-state index in [9.17, 15) is 0 Å². The third kappa shape index (κ3) is 3.66. The lowest BCUT2D eigenvalue weighted by atomic mass is 10.00. The van der Waals surface area contributed by atoms with Gasteiger partial charge in [-0.1, -0.05) is 78.9 Å². The molecule has 0 spiro atoms. The molecular weight excluding hydrogens is 532 g/mol. The summed E-state index contributed by atoms with van der Waals surface area (Å²) in [5, 5.41) is 5.80. The van der Waals surface area contributed by atoms with Crippen LogP contribution in [0.15, 0.2) is 138 Å². The van der Waals surface area contributed by atoms with E-state index in [0.717, 1.165) is 49.7 Å². The topological polar surface area (TPSA) is 38.9 Å². The number of benzene rings is 6. The average molecular weight is 555 g/mol. The summed E-state index contributed by atoms with van der Waals surface area (Å²) in [5.41, 5.74) is 8.00. The zero-order valence-corrected chi connectivity index (χ0v) is 23.2. The van der Waals surface area contributed by atoms with Crippen molar-refractivity contribution in [1.29, 1.82) is 0 Å². The molecule has 9 aromatic rings. The van der Waals surface area contributed by atoms with Gasteiger partial charge in [0.25, 0.3) is 0 Å². The first-order chi connectivity index (χ1) is 20.8. The van der Waals surface area contributed by atoms with Gasteiger partial charge in [0.1, 0.15) is 11.2 Å². The fraction of sp³-hybridized carbons (Fsp3) is 0. The maximum atomic E-state index is 6.27. The van der Waals surface area contributed by atoms with Crippen molar-refractivity contribution >= 4 is 64.4 Å². The molecule has 0 N–H and O–H groups in total. The van der Waals surface area contributed by atoms with Crippen LogP contribution in [0.2, 0.25) is 0 Å². The first kappa shape index (κ1) is 23.4. The van der Waals surface area contributed by atoms with Gasteiger partial charge in [0.05, 0.1) is 11.2 Å². The Hall–Kier alpha value is -5.32. The molecule has 0 saturated heterocycles. The normalized spacial score (nSPS) is 11.8. The number of thiophene rings is 1. The molecule has 0 aliphatic carbocycles. The highest BCUT2D eigenvalue weighted by atomic mass is 32.1. The molecule has 3 heterocycles. The average Bonchev–Trinajstić information content (AvgIpc) is 3.61. The molecule has 4 heteroatoms. The van der Waals surface area contributed by atoms with Crippen molar-refractivity contribution in [2.75, 3.05) is 0 Å². The van der Waals surface area contributed by atoms with Crippen molar-refractivity contribution in [3.05, 3.63) is 133 Å². The van der Waals surface area contributed by atoms with Crippen LogP contribution < -0.4 is 0 Å². The van der Waals surface area contributed by atoms with Crippen LogP contribution in [-0.4, -0.2) is 9.97 Å². The Balaban J connectivity index is 1.21. The molecule has 0 amide bonds. The fourth-order valence-electron chi connectivity index (χ4n) is 6.02. The molecule has 42 heavy (non-hydrogen) atoms. The highest BCUT2D eigenvalue weighted by molar-refractivity contribution is 7.25. The van der Waals surface area contributed by atoms with Crippen LogP contribution in [0.1, 0.15) is 0 Å². The molecule has 0 atom stereocenters. The third-order valence-corrected chi connectivity index (χ3v) is 9.24. The number of hydrogen-bond acceptors (Lipinski definition) is 4. The number of furan rings is 1. The van der Waals surface area contributed by atoms with Crippen LogP contribution in [0.4, 0.5) is 0 Å². The minimum absolute atomic E-state index is 0.703. The van der Waals surface area contributed by atoms with Gasteiger partial charge in [0.15, 0.2) is 5.82 Å². The lowest BCUT2D eigenvalue weighted by Gasteiger charge is -2.09. The number of hydrogen-bond donors (Lipinski definition) is 0. The monoisotopic (exact) mass is 554 g/mol. The first-order valence-electron chi connectivity index (χ1n) is 14.0. The molecule has 9 rings (SSSR count). The second-order valence-corrected chi connectivity index (χ2v) is 11.7. The van der Waals surface area contributed by atoms with E-state index in [2.05, 4.69) is 97.1 Å².